The molecule has 0 aliphatic rings. The lowest BCUT2D eigenvalue weighted by molar-refractivity contribution is -0.870. The van der Waals surface area contributed by atoms with Crippen molar-refractivity contribution in [2.75, 3.05) is 40.9 Å². The van der Waals surface area contributed by atoms with Gasteiger partial charge in [-0.15, -0.1) is 0 Å². The molecular formula is C79H139N2O7P. The number of quaternary nitrogens is 1. The number of likely N-dealkylation sites (N-methyl/N-ethyl adjacent to an activating group) is 1. The van der Waals surface area contributed by atoms with Gasteiger partial charge >= 0.3 is 5.97 Å². The summed E-state index contributed by atoms with van der Waals surface area (Å²) in [4.78, 5) is 40.2. The third-order valence-corrected chi connectivity index (χ3v) is 16.8. The van der Waals surface area contributed by atoms with Gasteiger partial charge in [-0.2, -0.15) is 0 Å². The minimum atomic E-state index is -4.71. The summed E-state index contributed by atoms with van der Waals surface area (Å²) in [5.41, 5.74) is 0. The molecular weight excluding hydrogens is 1120 g/mol. The summed E-state index contributed by atoms with van der Waals surface area (Å²) in [6.45, 7) is 6.71. The highest BCUT2D eigenvalue weighted by atomic mass is 31.2. The molecule has 0 bridgehead atoms. The Hall–Kier alpha value is -3.59. The molecule has 0 aromatic carbocycles. The van der Waals surface area contributed by atoms with Gasteiger partial charge in [0.15, 0.2) is 0 Å². The predicted molar refractivity (Wildman–Crippen MR) is 385 cm³/mol. The number of carbonyl (C=O) groups excluding carboxylic acids is 2. The van der Waals surface area contributed by atoms with Crippen LogP contribution >= 0.6 is 7.82 Å². The molecule has 0 heterocycles. The molecule has 0 fully saturated rings. The van der Waals surface area contributed by atoms with Gasteiger partial charge in [0.2, 0.25) is 5.91 Å². The molecule has 1 N–H and O–H groups in total. The highest BCUT2D eigenvalue weighted by molar-refractivity contribution is 7.45. The van der Waals surface area contributed by atoms with E-state index in [9.17, 15) is 19.0 Å². The average molecular weight is 1260 g/mol. The van der Waals surface area contributed by atoms with Gasteiger partial charge in [-0.3, -0.25) is 14.2 Å². The number of carbonyl (C=O) groups is 2. The molecule has 3 atom stereocenters. The Labute approximate surface area is 550 Å². The molecule has 0 saturated carbocycles. The van der Waals surface area contributed by atoms with Crippen molar-refractivity contribution in [3.63, 3.8) is 0 Å². The van der Waals surface area contributed by atoms with Crippen LogP contribution in [0.3, 0.4) is 0 Å². The van der Waals surface area contributed by atoms with E-state index in [1.165, 1.54) is 154 Å². The number of nitrogens with one attached hydrogen (secondary N) is 1. The highest BCUT2D eigenvalue weighted by Gasteiger charge is 2.27. The van der Waals surface area contributed by atoms with Gasteiger partial charge in [0.05, 0.1) is 33.8 Å². The fourth-order valence-electron chi connectivity index (χ4n) is 10.2. The SMILES string of the molecule is CC/C=C\C/C=C\C/C=C\C/C=C\C/C=C\C/C=C\CCCCCCCCCCC(=O)OC(/C=C/CCCCCCCCCCC)C(COP(=O)([O-])OCC[N+](C)(C)C)NC(=O)CCCCCCCCCCCCCC/C=C\C/C=C\C/C=C\CCCCC. The van der Waals surface area contributed by atoms with Gasteiger partial charge in [0.25, 0.3) is 7.82 Å². The van der Waals surface area contributed by atoms with Crippen LogP contribution < -0.4 is 10.2 Å². The fraction of sp³-hybridized carbons (Fsp3) is 0.722. The topological polar surface area (TPSA) is 114 Å². The number of unbranched alkanes of at least 4 members (excludes halogenated alkanes) is 32. The van der Waals surface area contributed by atoms with E-state index in [0.29, 0.717) is 17.4 Å². The predicted octanol–water partition coefficient (Wildman–Crippen LogP) is 23.2. The standard InChI is InChI=1S/C79H139N2O7P/c1-7-10-13-16-19-22-25-27-29-31-33-35-37-39-40-42-44-46-48-50-52-54-57-60-63-66-69-72-79(83)88-77(70-67-64-61-58-55-24-21-18-15-12-9-3)76(75-87-89(84,85)86-74-73-81(4,5)6)80-78(82)71-68-65-62-59-56-53-51-49-47-45-43-41-38-36-34-32-30-28-26-23-20-17-14-11-8-2/h10,13,19-20,22-23,27-30,33-36,39-40,44,46,67,70,76-77H,7-9,11-12,14-18,21,24-26,31-32,37-38,41-43,45,47-66,68-69,71-75H2,1-6H3,(H-,80,82,84,85)/b13-10-,22-19-,23-20-,29-27-,30-28-,35-33-,36-34-,40-39-,46-44-,70-67+. The summed E-state index contributed by atoms with van der Waals surface area (Å²) < 4.78 is 30.5. The molecule has 0 saturated heterocycles. The summed E-state index contributed by atoms with van der Waals surface area (Å²) in [6, 6.07) is -0.901. The Balaban J connectivity index is 5.01. The molecule has 0 radical (unpaired) electrons. The average Bonchev–Trinajstić information content (AvgIpc) is 3.71. The van der Waals surface area contributed by atoms with Crippen LogP contribution in [0.2, 0.25) is 0 Å². The van der Waals surface area contributed by atoms with Gasteiger partial charge in [-0.25, -0.2) is 0 Å². The van der Waals surface area contributed by atoms with Crippen molar-refractivity contribution >= 4 is 19.7 Å². The highest BCUT2D eigenvalue weighted by Crippen LogP contribution is 2.38. The quantitative estimate of drug-likeness (QED) is 0.0212. The van der Waals surface area contributed by atoms with Crippen LogP contribution in [0.25, 0.3) is 0 Å². The lowest BCUT2D eigenvalue weighted by Crippen LogP contribution is -2.47. The number of nitrogens with zero attached hydrogens (tertiary/aromatic N) is 1. The Bertz CT molecular complexity index is 1940. The zero-order chi connectivity index (χ0) is 64.9. The van der Waals surface area contributed by atoms with Crippen molar-refractivity contribution in [3.8, 4) is 0 Å². The molecule has 0 aliphatic heterocycles. The Morgan fingerprint density at radius 2 is 0.719 bits per heavy atom. The number of allylic oxidation sites excluding steroid dienone is 19. The summed E-state index contributed by atoms with van der Waals surface area (Å²) in [5, 5.41) is 3.04. The maximum Gasteiger partial charge on any atom is 0.306 e. The van der Waals surface area contributed by atoms with E-state index in [0.717, 1.165) is 128 Å². The third-order valence-electron chi connectivity index (χ3n) is 15.9. The molecule has 89 heavy (non-hydrogen) atoms. The van der Waals surface area contributed by atoms with Crippen molar-refractivity contribution in [2.45, 2.75) is 328 Å². The van der Waals surface area contributed by atoms with Crippen LogP contribution in [-0.4, -0.2) is 69.4 Å². The fourth-order valence-corrected chi connectivity index (χ4v) is 11.0. The second kappa shape index (κ2) is 67.3. The monoisotopic (exact) mass is 1260 g/mol. The molecule has 0 aromatic heterocycles. The zero-order valence-corrected chi connectivity index (χ0v) is 59.5. The number of ether oxygens (including phenoxy) is 1. The Morgan fingerprint density at radius 3 is 1.10 bits per heavy atom. The number of amides is 1. The van der Waals surface area contributed by atoms with E-state index in [1.807, 2.05) is 33.3 Å². The summed E-state index contributed by atoms with van der Waals surface area (Å²) in [5.74, 6) is -0.553. The molecule has 10 heteroatoms. The van der Waals surface area contributed by atoms with Crippen molar-refractivity contribution in [1.29, 1.82) is 0 Å². The largest absolute Gasteiger partial charge is 0.756 e. The molecule has 0 aliphatic carbocycles. The van der Waals surface area contributed by atoms with Crippen molar-refractivity contribution in [2.24, 2.45) is 0 Å². The molecule has 1 amide bonds. The van der Waals surface area contributed by atoms with Crippen LogP contribution in [0.15, 0.2) is 122 Å². The second-order valence-corrected chi connectivity index (χ2v) is 27.1. The molecule has 512 valence electrons. The van der Waals surface area contributed by atoms with Gasteiger partial charge in [-0.05, 0) is 122 Å². The number of hydrogen-bond donors (Lipinski definition) is 1. The van der Waals surface area contributed by atoms with Gasteiger partial charge < -0.3 is 28.5 Å². The second-order valence-electron chi connectivity index (χ2n) is 25.7. The van der Waals surface area contributed by atoms with E-state index < -0.39 is 26.6 Å². The molecule has 9 nitrogen and oxygen atoms in total. The summed E-state index contributed by atoms with van der Waals surface area (Å²) in [7, 11) is 1.17. The lowest BCUT2D eigenvalue weighted by atomic mass is 10.0. The maximum atomic E-state index is 13.6. The van der Waals surface area contributed by atoms with Gasteiger partial charge in [-0.1, -0.05) is 303 Å². The van der Waals surface area contributed by atoms with Crippen molar-refractivity contribution in [1.82, 2.24) is 5.32 Å². The number of rotatable bonds is 66. The lowest BCUT2D eigenvalue weighted by Gasteiger charge is -2.30. The zero-order valence-electron chi connectivity index (χ0n) is 58.6. The van der Waals surface area contributed by atoms with Gasteiger partial charge in [0.1, 0.15) is 19.3 Å². The summed E-state index contributed by atoms with van der Waals surface area (Å²) >= 11 is 0. The van der Waals surface area contributed by atoms with Crippen molar-refractivity contribution < 1.29 is 37.3 Å². The Kier molecular flexibility index (Phi) is 64.6. The normalized spacial score (nSPS) is 14.2. The first kappa shape index (κ1) is 85.4. The van der Waals surface area contributed by atoms with E-state index >= 15 is 0 Å². The van der Waals surface area contributed by atoms with E-state index in [-0.39, 0.29) is 24.9 Å². The number of phosphoric acid groups is 1. The third kappa shape index (κ3) is 68.6. The van der Waals surface area contributed by atoms with Gasteiger partial charge in [0, 0.05) is 12.8 Å². The maximum absolute atomic E-state index is 13.6. The minimum Gasteiger partial charge on any atom is -0.756 e. The van der Waals surface area contributed by atoms with Crippen LogP contribution in [0.1, 0.15) is 316 Å². The number of hydrogen-bond acceptors (Lipinski definition) is 7. The van der Waals surface area contributed by atoms with Crippen LogP contribution in [-0.2, 0) is 27.9 Å². The van der Waals surface area contributed by atoms with Crippen LogP contribution in [0, 0.1) is 0 Å². The first-order valence-electron chi connectivity index (χ1n) is 36.8. The van der Waals surface area contributed by atoms with Crippen LogP contribution in [0.4, 0.5) is 0 Å². The molecule has 3 unspecified atom stereocenters. The number of phosphoric ester groups is 1. The summed E-state index contributed by atoms with van der Waals surface area (Å²) in [6.07, 6.45) is 94.7. The van der Waals surface area contributed by atoms with E-state index in [1.54, 1.807) is 0 Å². The van der Waals surface area contributed by atoms with E-state index in [4.69, 9.17) is 13.8 Å². The van der Waals surface area contributed by atoms with Crippen molar-refractivity contribution in [3.05, 3.63) is 122 Å². The van der Waals surface area contributed by atoms with Crippen LogP contribution in [0.5, 0.6) is 0 Å². The molecule has 0 spiro atoms. The smallest absolute Gasteiger partial charge is 0.306 e. The number of esters is 1. The first-order valence-corrected chi connectivity index (χ1v) is 38.3. The molecule has 0 aromatic rings. The van der Waals surface area contributed by atoms with E-state index in [2.05, 4.69) is 135 Å². The molecule has 0 rings (SSSR count). The minimum absolute atomic E-state index is 0.0292. The Morgan fingerprint density at radius 1 is 0.404 bits per heavy atom. The first-order chi connectivity index (χ1) is 43.4.